The largest absolute Gasteiger partial charge is 0.493 e. The molecule has 0 radical (unpaired) electrons. The molecule has 0 spiro atoms. The number of hydrogen-bond acceptors (Lipinski definition) is 5. The summed E-state index contributed by atoms with van der Waals surface area (Å²) in [6.07, 6.45) is 0.125. The third kappa shape index (κ3) is 5.10. The Morgan fingerprint density at radius 1 is 1.21 bits per heavy atom. The molecule has 0 aliphatic carbocycles. The summed E-state index contributed by atoms with van der Waals surface area (Å²) in [5, 5.41) is 8.84. The van der Waals surface area contributed by atoms with Gasteiger partial charge in [-0.1, -0.05) is 20.8 Å². The number of hydrogen-bond donors (Lipinski definition) is 0. The number of ether oxygens (including phenoxy) is 2. The van der Waals surface area contributed by atoms with Gasteiger partial charge in [0.15, 0.2) is 11.5 Å². The summed E-state index contributed by atoms with van der Waals surface area (Å²) >= 11 is 3.30. The summed E-state index contributed by atoms with van der Waals surface area (Å²) in [5.74, 6) is 0.762. The van der Waals surface area contributed by atoms with Gasteiger partial charge in [-0.05, 0) is 27.4 Å². The first-order valence-corrected chi connectivity index (χ1v) is 9.58. The molecule has 0 aliphatic heterocycles. The van der Waals surface area contributed by atoms with Crippen LogP contribution < -0.4 is 9.47 Å². The Balaban J connectivity index is 3.40. The molecule has 0 amide bonds. The van der Waals surface area contributed by atoms with E-state index < -0.39 is 10.0 Å². The normalized spacial score (nSPS) is 12.1. The highest BCUT2D eigenvalue weighted by molar-refractivity contribution is 9.10. The van der Waals surface area contributed by atoms with Crippen molar-refractivity contribution in [2.45, 2.75) is 32.1 Å². The highest BCUT2D eigenvalue weighted by Gasteiger charge is 2.31. The number of halogens is 1. The van der Waals surface area contributed by atoms with Gasteiger partial charge in [0, 0.05) is 30.0 Å². The van der Waals surface area contributed by atoms with E-state index in [-0.39, 0.29) is 23.3 Å². The van der Waals surface area contributed by atoms with Gasteiger partial charge in [-0.15, -0.1) is 0 Å². The first-order chi connectivity index (χ1) is 11.1. The zero-order valence-corrected chi connectivity index (χ0v) is 17.0. The van der Waals surface area contributed by atoms with Gasteiger partial charge in [-0.25, -0.2) is 8.42 Å². The van der Waals surface area contributed by atoms with Crippen LogP contribution in [0.5, 0.6) is 11.5 Å². The van der Waals surface area contributed by atoms with Crippen molar-refractivity contribution in [2.75, 3.05) is 27.3 Å². The zero-order chi connectivity index (χ0) is 18.5. The van der Waals surface area contributed by atoms with Gasteiger partial charge >= 0.3 is 0 Å². The molecular formula is C16H23BrN2O4S. The second kappa shape index (κ2) is 8.19. The third-order valence-corrected chi connectivity index (χ3v) is 5.98. The molecule has 0 unspecified atom stereocenters. The maximum absolute atomic E-state index is 13.1. The molecule has 8 heteroatoms. The van der Waals surface area contributed by atoms with Gasteiger partial charge in [-0.2, -0.15) is 9.57 Å². The first-order valence-electron chi connectivity index (χ1n) is 7.35. The van der Waals surface area contributed by atoms with Crippen LogP contribution in [-0.2, 0) is 10.0 Å². The maximum atomic E-state index is 13.1. The lowest BCUT2D eigenvalue weighted by Gasteiger charge is -2.29. The van der Waals surface area contributed by atoms with Crippen molar-refractivity contribution in [3.63, 3.8) is 0 Å². The van der Waals surface area contributed by atoms with Crippen molar-refractivity contribution >= 4 is 26.0 Å². The standard InChI is InChI=1S/C16H23BrN2O4S/c1-16(2,3)11-19(8-6-7-18)24(20,21)15-10-14(23-5)13(22-4)9-12(15)17/h9-10H,6,8,11H2,1-5H3. The lowest BCUT2D eigenvalue weighted by Crippen LogP contribution is -2.38. The van der Waals surface area contributed by atoms with E-state index in [4.69, 9.17) is 14.7 Å². The predicted molar refractivity (Wildman–Crippen MR) is 95.7 cm³/mol. The number of sulfonamides is 1. The van der Waals surface area contributed by atoms with Crippen molar-refractivity contribution in [2.24, 2.45) is 5.41 Å². The fourth-order valence-corrected chi connectivity index (χ4v) is 4.82. The highest BCUT2D eigenvalue weighted by atomic mass is 79.9. The van der Waals surface area contributed by atoms with Crippen LogP contribution in [0, 0.1) is 16.7 Å². The molecule has 134 valence electrons. The molecule has 1 aromatic rings. The maximum Gasteiger partial charge on any atom is 0.244 e. The van der Waals surface area contributed by atoms with Crippen LogP contribution in [-0.4, -0.2) is 40.0 Å². The summed E-state index contributed by atoms with van der Waals surface area (Å²) in [7, 11) is -0.862. The van der Waals surface area contributed by atoms with Crippen LogP contribution >= 0.6 is 15.9 Å². The van der Waals surface area contributed by atoms with Crippen molar-refractivity contribution < 1.29 is 17.9 Å². The first kappa shape index (κ1) is 20.7. The summed E-state index contributed by atoms with van der Waals surface area (Å²) in [5.41, 5.74) is -0.244. The lowest BCUT2D eigenvalue weighted by molar-refractivity contribution is 0.284. The van der Waals surface area contributed by atoms with E-state index in [1.54, 1.807) is 6.07 Å². The average molecular weight is 419 g/mol. The second-order valence-electron chi connectivity index (χ2n) is 6.44. The lowest BCUT2D eigenvalue weighted by atomic mass is 9.97. The quantitative estimate of drug-likeness (QED) is 0.677. The van der Waals surface area contributed by atoms with Gasteiger partial charge < -0.3 is 9.47 Å². The van der Waals surface area contributed by atoms with E-state index in [1.807, 2.05) is 26.8 Å². The average Bonchev–Trinajstić information content (AvgIpc) is 2.49. The van der Waals surface area contributed by atoms with Crippen LogP contribution in [0.15, 0.2) is 21.5 Å². The number of benzene rings is 1. The van der Waals surface area contributed by atoms with Crippen LogP contribution in [0.25, 0.3) is 0 Å². The summed E-state index contributed by atoms with van der Waals surface area (Å²) in [4.78, 5) is 0.0855. The van der Waals surface area contributed by atoms with Crippen LogP contribution in [0.2, 0.25) is 0 Å². The molecule has 0 N–H and O–H groups in total. The van der Waals surface area contributed by atoms with E-state index in [0.29, 0.717) is 22.5 Å². The van der Waals surface area contributed by atoms with Gasteiger partial charge in [0.05, 0.1) is 20.3 Å². The third-order valence-electron chi connectivity index (χ3n) is 3.18. The molecule has 1 aromatic carbocycles. The molecule has 0 atom stereocenters. The topological polar surface area (TPSA) is 79.6 Å². The van der Waals surface area contributed by atoms with Crippen LogP contribution in [0.1, 0.15) is 27.2 Å². The van der Waals surface area contributed by atoms with Crippen molar-refractivity contribution in [3.05, 3.63) is 16.6 Å². The Kier molecular flexibility index (Phi) is 7.08. The van der Waals surface area contributed by atoms with Crippen molar-refractivity contribution in [3.8, 4) is 17.6 Å². The van der Waals surface area contributed by atoms with Gasteiger partial charge in [0.25, 0.3) is 0 Å². The molecule has 0 bridgehead atoms. The molecule has 6 nitrogen and oxygen atoms in total. The highest BCUT2D eigenvalue weighted by Crippen LogP contribution is 2.37. The molecule has 0 saturated carbocycles. The molecule has 24 heavy (non-hydrogen) atoms. The summed E-state index contributed by atoms with van der Waals surface area (Å²) in [6, 6.07) is 4.99. The molecular weight excluding hydrogens is 396 g/mol. The zero-order valence-electron chi connectivity index (χ0n) is 14.6. The predicted octanol–water partition coefficient (Wildman–Crippen LogP) is 3.42. The minimum Gasteiger partial charge on any atom is -0.493 e. The van der Waals surface area contributed by atoms with Gasteiger partial charge in [0.2, 0.25) is 10.0 Å². The molecule has 1 rings (SSSR count). The monoisotopic (exact) mass is 418 g/mol. The number of methoxy groups -OCH3 is 2. The molecule has 0 heterocycles. The fraction of sp³-hybridized carbons (Fsp3) is 0.562. The number of rotatable bonds is 7. The Morgan fingerprint density at radius 2 is 1.75 bits per heavy atom. The Labute approximate surface area is 152 Å². The van der Waals surface area contributed by atoms with Crippen LogP contribution in [0.3, 0.4) is 0 Å². The molecule has 0 saturated heterocycles. The summed E-state index contributed by atoms with van der Waals surface area (Å²) in [6.45, 7) is 6.29. The minimum atomic E-state index is -3.79. The van der Waals surface area contributed by atoms with E-state index in [1.165, 1.54) is 24.6 Å². The molecule has 0 aromatic heterocycles. The van der Waals surface area contributed by atoms with Gasteiger partial charge in [-0.3, -0.25) is 0 Å². The molecule has 0 fully saturated rings. The smallest absolute Gasteiger partial charge is 0.244 e. The fourth-order valence-electron chi connectivity index (χ4n) is 2.16. The minimum absolute atomic E-state index is 0.0855. The van der Waals surface area contributed by atoms with Crippen LogP contribution in [0.4, 0.5) is 0 Å². The Hall–Kier alpha value is -1.30. The Bertz CT molecular complexity index is 721. The van der Waals surface area contributed by atoms with E-state index in [2.05, 4.69) is 15.9 Å². The number of nitriles is 1. The molecule has 0 aliphatic rings. The van der Waals surface area contributed by atoms with E-state index >= 15 is 0 Å². The van der Waals surface area contributed by atoms with E-state index in [9.17, 15) is 8.42 Å². The second-order valence-corrected chi connectivity index (χ2v) is 9.21. The van der Waals surface area contributed by atoms with Gasteiger partial charge in [0.1, 0.15) is 4.90 Å². The summed E-state index contributed by atoms with van der Waals surface area (Å²) < 4.78 is 38.3. The van der Waals surface area contributed by atoms with Crippen molar-refractivity contribution in [1.82, 2.24) is 4.31 Å². The number of nitrogens with zero attached hydrogens (tertiary/aromatic N) is 2. The SMILES string of the molecule is COc1cc(Br)c(S(=O)(=O)N(CCC#N)CC(C)(C)C)cc1OC. The van der Waals surface area contributed by atoms with Crippen molar-refractivity contribution in [1.29, 1.82) is 5.26 Å². The Morgan fingerprint density at radius 3 is 2.21 bits per heavy atom. The van der Waals surface area contributed by atoms with E-state index in [0.717, 1.165) is 0 Å².